The van der Waals surface area contributed by atoms with Crippen LogP contribution < -0.4 is 4.74 Å². The summed E-state index contributed by atoms with van der Waals surface area (Å²) in [5.74, 6) is 0.821. The lowest BCUT2D eigenvalue weighted by Crippen LogP contribution is -1.94. The molecular weight excluding hydrogens is 332 g/mol. The van der Waals surface area contributed by atoms with Crippen LogP contribution in [0.3, 0.4) is 0 Å². The van der Waals surface area contributed by atoms with Crippen molar-refractivity contribution in [2.75, 3.05) is 7.11 Å². The van der Waals surface area contributed by atoms with Crippen LogP contribution in [0.5, 0.6) is 5.75 Å². The highest BCUT2D eigenvalue weighted by Crippen LogP contribution is 2.24. The van der Waals surface area contributed by atoms with E-state index in [1.807, 2.05) is 61.7 Å². The van der Waals surface area contributed by atoms with Crippen molar-refractivity contribution in [3.8, 4) is 17.5 Å². The van der Waals surface area contributed by atoms with E-state index in [0.29, 0.717) is 10.6 Å². The average molecular weight is 349 g/mol. The predicted octanol–water partition coefficient (Wildman–Crippen LogP) is 5.51. The average Bonchev–Trinajstić information content (AvgIpc) is 3.00. The molecule has 1 heterocycles. The van der Waals surface area contributed by atoms with Crippen molar-refractivity contribution in [1.82, 2.24) is 4.57 Å². The van der Waals surface area contributed by atoms with Gasteiger partial charge in [-0.1, -0.05) is 23.7 Å². The second-order valence-electron chi connectivity index (χ2n) is 5.66. The summed E-state index contributed by atoms with van der Waals surface area (Å²) >= 11 is 6.03. The molecule has 2 aromatic carbocycles. The number of halogens is 1. The summed E-state index contributed by atoms with van der Waals surface area (Å²) in [5.41, 5.74) is 4.48. The number of hydrogen-bond acceptors (Lipinski definition) is 2. The van der Waals surface area contributed by atoms with Gasteiger partial charge in [0.1, 0.15) is 5.75 Å². The number of benzene rings is 2. The fraction of sp³-hybridized carbons (Fsp3) is 0.0952. The van der Waals surface area contributed by atoms with Gasteiger partial charge in [-0.05, 0) is 66.6 Å². The minimum Gasteiger partial charge on any atom is -0.497 e. The summed E-state index contributed by atoms with van der Waals surface area (Å²) in [4.78, 5) is 0. The van der Waals surface area contributed by atoms with Crippen LogP contribution in [0.1, 0.15) is 16.8 Å². The van der Waals surface area contributed by atoms with Gasteiger partial charge >= 0.3 is 0 Å². The van der Waals surface area contributed by atoms with Gasteiger partial charge in [0.15, 0.2) is 0 Å². The monoisotopic (exact) mass is 348 g/mol. The maximum Gasteiger partial charge on any atom is 0.119 e. The Kier molecular flexibility index (Phi) is 4.92. The number of hydrogen-bond donors (Lipinski definition) is 0. The van der Waals surface area contributed by atoms with Crippen LogP contribution >= 0.6 is 11.6 Å². The second kappa shape index (κ2) is 7.29. The number of methoxy groups -OCH3 is 1. The number of nitriles is 1. The first-order chi connectivity index (χ1) is 12.1. The van der Waals surface area contributed by atoms with Crippen LogP contribution in [0.25, 0.3) is 17.3 Å². The highest BCUT2D eigenvalue weighted by molar-refractivity contribution is 6.30. The lowest BCUT2D eigenvalue weighted by Gasteiger charge is -2.06. The lowest BCUT2D eigenvalue weighted by molar-refractivity contribution is 0.414. The van der Waals surface area contributed by atoms with Crippen molar-refractivity contribution in [2.45, 2.75) is 6.92 Å². The standard InChI is InChI=1S/C21H17ClN2O/c1-15-10-16(11-18(13-23)17-4-3-5-19(22)12-17)14-24(15)20-6-8-21(25-2)9-7-20/h3-12,14H,1-2H3/b18-11+. The Hall–Kier alpha value is -2.96. The zero-order valence-electron chi connectivity index (χ0n) is 14.0. The van der Waals surface area contributed by atoms with Crippen molar-refractivity contribution in [3.05, 3.63) is 82.6 Å². The highest BCUT2D eigenvalue weighted by Gasteiger charge is 2.06. The molecule has 0 aliphatic heterocycles. The van der Waals surface area contributed by atoms with Crippen molar-refractivity contribution in [2.24, 2.45) is 0 Å². The smallest absolute Gasteiger partial charge is 0.119 e. The fourth-order valence-corrected chi connectivity index (χ4v) is 2.89. The maximum atomic E-state index is 9.50. The number of allylic oxidation sites excluding steroid dienone is 1. The molecule has 0 bridgehead atoms. The SMILES string of the molecule is COc1ccc(-n2cc(/C=C(\C#N)c3cccc(Cl)c3)cc2C)cc1. The normalized spacial score (nSPS) is 11.2. The summed E-state index contributed by atoms with van der Waals surface area (Å²) in [6, 6.07) is 19.5. The molecule has 3 nitrogen and oxygen atoms in total. The molecule has 0 saturated heterocycles. The Morgan fingerprint density at radius 1 is 1.16 bits per heavy atom. The van der Waals surface area contributed by atoms with E-state index in [1.54, 1.807) is 19.2 Å². The Balaban J connectivity index is 1.97. The zero-order chi connectivity index (χ0) is 17.8. The van der Waals surface area contributed by atoms with E-state index in [9.17, 15) is 5.26 Å². The van der Waals surface area contributed by atoms with Gasteiger partial charge in [-0.15, -0.1) is 0 Å². The lowest BCUT2D eigenvalue weighted by atomic mass is 10.1. The first-order valence-corrected chi connectivity index (χ1v) is 8.19. The zero-order valence-corrected chi connectivity index (χ0v) is 14.8. The van der Waals surface area contributed by atoms with E-state index in [1.165, 1.54) is 0 Å². The molecule has 1 aromatic heterocycles. The largest absolute Gasteiger partial charge is 0.497 e. The molecular formula is C21H17ClN2O. The van der Waals surface area contributed by atoms with E-state index in [4.69, 9.17) is 16.3 Å². The molecule has 0 fully saturated rings. The van der Waals surface area contributed by atoms with Crippen molar-refractivity contribution in [3.63, 3.8) is 0 Å². The Morgan fingerprint density at radius 2 is 1.92 bits per heavy atom. The van der Waals surface area contributed by atoms with Crippen molar-refractivity contribution < 1.29 is 4.74 Å². The molecule has 0 unspecified atom stereocenters. The second-order valence-corrected chi connectivity index (χ2v) is 6.10. The molecule has 4 heteroatoms. The van der Waals surface area contributed by atoms with Crippen LogP contribution in [-0.2, 0) is 0 Å². The predicted molar refractivity (Wildman–Crippen MR) is 102 cm³/mol. The Bertz CT molecular complexity index is 962. The van der Waals surface area contributed by atoms with Gasteiger partial charge in [0.2, 0.25) is 0 Å². The van der Waals surface area contributed by atoms with Gasteiger partial charge < -0.3 is 9.30 Å². The highest BCUT2D eigenvalue weighted by atomic mass is 35.5. The summed E-state index contributed by atoms with van der Waals surface area (Å²) in [6.45, 7) is 2.03. The van der Waals surface area contributed by atoms with E-state index >= 15 is 0 Å². The quantitative estimate of drug-likeness (QED) is 0.583. The van der Waals surface area contributed by atoms with Crippen LogP contribution in [-0.4, -0.2) is 11.7 Å². The first kappa shape index (κ1) is 16.9. The van der Waals surface area contributed by atoms with E-state index in [2.05, 4.69) is 10.6 Å². The van der Waals surface area contributed by atoms with Gasteiger partial charge in [-0.25, -0.2) is 0 Å². The van der Waals surface area contributed by atoms with Crippen LogP contribution in [0.15, 0.2) is 60.8 Å². The number of nitrogens with zero attached hydrogens (tertiary/aromatic N) is 2. The van der Waals surface area contributed by atoms with Gasteiger partial charge in [0.05, 0.1) is 18.8 Å². The third-order valence-corrected chi connectivity index (χ3v) is 4.19. The maximum absolute atomic E-state index is 9.50. The number of aryl methyl sites for hydroxylation is 1. The molecule has 0 N–H and O–H groups in total. The Morgan fingerprint density at radius 3 is 2.56 bits per heavy atom. The number of ether oxygens (including phenoxy) is 1. The van der Waals surface area contributed by atoms with Crippen LogP contribution in [0.4, 0.5) is 0 Å². The minimum atomic E-state index is 0.578. The van der Waals surface area contributed by atoms with Gasteiger partial charge in [-0.3, -0.25) is 0 Å². The molecule has 25 heavy (non-hydrogen) atoms. The summed E-state index contributed by atoms with van der Waals surface area (Å²) < 4.78 is 7.28. The third kappa shape index (κ3) is 3.76. The Labute approximate surface area is 152 Å². The van der Waals surface area contributed by atoms with Gasteiger partial charge in [-0.2, -0.15) is 5.26 Å². The molecule has 0 amide bonds. The van der Waals surface area contributed by atoms with Crippen LogP contribution in [0.2, 0.25) is 5.02 Å². The first-order valence-electron chi connectivity index (χ1n) is 7.82. The van der Waals surface area contributed by atoms with E-state index in [0.717, 1.165) is 28.3 Å². The topological polar surface area (TPSA) is 38.0 Å². The van der Waals surface area contributed by atoms with Gasteiger partial charge in [0, 0.05) is 22.6 Å². The third-order valence-electron chi connectivity index (χ3n) is 3.95. The molecule has 3 rings (SSSR count). The molecule has 0 aliphatic rings. The summed E-state index contributed by atoms with van der Waals surface area (Å²) in [7, 11) is 1.65. The van der Waals surface area contributed by atoms with Crippen molar-refractivity contribution in [1.29, 1.82) is 5.26 Å². The molecule has 0 radical (unpaired) electrons. The number of rotatable bonds is 4. The molecule has 0 atom stereocenters. The fourth-order valence-electron chi connectivity index (χ4n) is 2.70. The van der Waals surface area contributed by atoms with Crippen molar-refractivity contribution >= 4 is 23.3 Å². The van der Waals surface area contributed by atoms with E-state index in [-0.39, 0.29) is 0 Å². The molecule has 0 spiro atoms. The molecule has 0 saturated carbocycles. The van der Waals surface area contributed by atoms with E-state index < -0.39 is 0 Å². The molecule has 124 valence electrons. The van der Waals surface area contributed by atoms with Crippen LogP contribution in [0, 0.1) is 18.3 Å². The van der Waals surface area contributed by atoms with Gasteiger partial charge in [0.25, 0.3) is 0 Å². The molecule has 3 aromatic rings. The summed E-state index contributed by atoms with van der Waals surface area (Å²) in [6.07, 6.45) is 3.89. The number of aromatic nitrogens is 1. The minimum absolute atomic E-state index is 0.578. The summed E-state index contributed by atoms with van der Waals surface area (Å²) in [5, 5.41) is 10.1. The molecule has 0 aliphatic carbocycles.